The Morgan fingerprint density at radius 3 is 2.70 bits per heavy atom. The van der Waals surface area contributed by atoms with Gasteiger partial charge in [0.25, 0.3) is 0 Å². The molecule has 6 aromatic heterocycles. The van der Waals surface area contributed by atoms with Crippen LogP contribution in [0, 0.1) is 6.92 Å². The Kier molecular flexibility index (Phi) is 3.51. The maximum atomic E-state index is 4.83. The quantitative estimate of drug-likeness (QED) is 0.473. The van der Waals surface area contributed by atoms with E-state index < -0.39 is 0 Å². The third-order valence-corrected chi connectivity index (χ3v) is 5.07. The molecule has 0 spiro atoms. The van der Waals surface area contributed by atoms with E-state index in [4.69, 9.17) is 4.98 Å². The maximum Gasteiger partial charge on any atom is 0.147 e. The van der Waals surface area contributed by atoms with Crippen molar-refractivity contribution in [3.05, 3.63) is 73.1 Å². The van der Waals surface area contributed by atoms with E-state index in [1.54, 1.807) is 18.7 Å². The molecule has 6 aromatic rings. The zero-order valence-electron chi connectivity index (χ0n) is 16.0. The van der Waals surface area contributed by atoms with Gasteiger partial charge in [0, 0.05) is 24.0 Å². The minimum absolute atomic E-state index is 0.756. The standard InChI is InChI=1S/C22H16N8/c1-13-11-30(12-25-13)22-14-10-19(26-15(14)7-9-24-22)21-20-18(28-29-21)6-5-17(27-20)16-4-2-3-8-23-16/h2-12,26H,1H3,(H,28,29). The number of aromatic amines is 2. The molecule has 6 heterocycles. The van der Waals surface area contributed by atoms with E-state index in [0.717, 1.165) is 56.2 Å². The first-order valence-corrected chi connectivity index (χ1v) is 9.52. The molecule has 0 bridgehead atoms. The first kappa shape index (κ1) is 16.6. The van der Waals surface area contributed by atoms with Gasteiger partial charge in [0.1, 0.15) is 23.4 Å². The Morgan fingerprint density at radius 1 is 0.900 bits per heavy atom. The number of fused-ring (bicyclic) bond motifs is 2. The molecule has 0 fully saturated rings. The zero-order chi connectivity index (χ0) is 20.1. The van der Waals surface area contributed by atoms with Crippen LogP contribution in [0.25, 0.3) is 50.5 Å². The van der Waals surface area contributed by atoms with E-state index in [-0.39, 0.29) is 0 Å². The van der Waals surface area contributed by atoms with Gasteiger partial charge in [0.15, 0.2) is 0 Å². The molecule has 0 radical (unpaired) electrons. The number of imidazole rings is 1. The van der Waals surface area contributed by atoms with Gasteiger partial charge >= 0.3 is 0 Å². The Bertz CT molecular complexity index is 1510. The molecule has 2 N–H and O–H groups in total. The van der Waals surface area contributed by atoms with Crippen molar-refractivity contribution in [2.24, 2.45) is 0 Å². The summed E-state index contributed by atoms with van der Waals surface area (Å²) in [4.78, 5) is 21.6. The highest BCUT2D eigenvalue weighted by Crippen LogP contribution is 2.30. The number of hydrogen-bond donors (Lipinski definition) is 2. The van der Waals surface area contributed by atoms with Crippen molar-refractivity contribution in [1.29, 1.82) is 0 Å². The lowest BCUT2D eigenvalue weighted by Gasteiger charge is -2.01. The first-order chi connectivity index (χ1) is 14.8. The van der Waals surface area contributed by atoms with Crippen molar-refractivity contribution in [2.45, 2.75) is 6.92 Å². The van der Waals surface area contributed by atoms with E-state index in [2.05, 4.69) is 36.2 Å². The van der Waals surface area contributed by atoms with Gasteiger partial charge in [-0.3, -0.25) is 14.6 Å². The fraction of sp³-hybridized carbons (Fsp3) is 0.0455. The molecule has 30 heavy (non-hydrogen) atoms. The lowest BCUT2D eigenvalue weighted by molar-refractivity contribution is 1.01. The van der Waals surface area contributed by atoms with Crippen LogP contribution < -0.4 is 0 Å². The topological polar surface area (TPSA) is 101 Å². The normalized spacial score (nSPS) is 11.5. The van der Waals surface area contributed by atoms with E-state index in [0.29, 0.717) is 0 Å². The predicted molar refractivity (Wildman–Crippen MR) is 114 cm³/mol. The fourth-order valence-electron chi connectivity index (χ4n) is 3.65. The number of nitrogens with one attached hydrogen (secondary N) is 2. The van der Waals surface area contributed by atoms with Crippen LogP contribution in [-0.4, -0.2) is 39.7 Å². The van der Waals surface area contributed by atoms with Gasteiger partial charge in [-0.1, -0.05) is 6.07 Å². The van der Waals surface area contributed by atoms with Crippen LogP contribution in [0.4, 0.5) is 0 Å². The minimum Gasteiger partial charge on any atom is -0.353 e. The van der Waals surface area contributed by atoms with Crippen LogP contribution in [0.2, 0.25) is 0 Å². The number of rotatable bonds is 3. The number of hydrogen-bond acceptors (Lipinski definition) is 5. The monoisotopic (exact) mass is 392 g/mol. The molecule has 0 aliphatic carbocycles. The number of aromatic nitrogens is 8. The second-order valence-corrected chi connectivity index (χ2v) is 7.08. The van der Waals surface area contributed by atoms with Crippen LogP contribution in [-0.2, 0) is 0 Å². The summed E-state index contributed by atoms with van der Waals surface area (Å²) in [5.41, 5.74) is 6.82. The highest BCUT2D eigenvalue weighted by molar-refractivity contribution is 5.96. The lowest BCUT2D eigenvalue weighted by Crippen LogP contribution is -1.94. The van der Waals surface area contributed by atoms with Crippen LogP contribution >= 0.6 is 0 Å². The number of aryl methyl sites for hydroxylation is 1. The fourth-order valence-corrected chi connectivity index (χ4v) is 3.65. The molecule has 0 atom stereocenters. The van der Waals surface area contributed by atoms with Crippen molar-refractivity contribution in [1.82, 2.24) is 39.7 Å². The van der Waals surface area contributed by atoms with Gasteiger partial charge in [-0.05, 0) is 43.3 Å². The van der Waals surface area contributed by atoms with Gasteiger partial charge in [-0.15, -0.1) is 0 Å². The van der Waals surface area contributed by atoms with Crippen molar-refractivity contribution < 1.29 is 0 Å². The summed E-state index contributed by atoms with van der Waals surface area (Å²) in [5, 5.41) is 8.59. The highest BCUT2D eigenvalue weighted by Gasteiger charge is 2.16. The van der Waals surface area contributed by atoms with Crippen LogP contribution in [0.1, 0.15) is 5.69 Å². The van der Waals surface area contributed by atoms with Gasteiger partial charge in [-0.25, -0.2) is 15.0 Å². The third kappa shape index (κ3) is 2.58. The van der Waals surface area contributed by atoms with Crippen molar-refractivity contribution in [2.75, 3.05) is 0 Å². The van der Waals surface area contributed by atoms with E-state index >= 15 is 0 Å². The first-order valence-electron chi connectivity index (χ1n) is 9.52. The Balaban J connectivity index is 1.52. The Labute approximate surface area is 170 Å². The SMILES string of the molecule is Cc1cn(-c2nccc3[nH]c(-c4n[nH]c5ccc(-c6ccccn6)nc45)cc23)cn1. The summed E-state index contributed by atoms with van der Waals surface area (Å²) in [6.45, 7) is 1.96. The lowest BCUT2D eigenvalue weighted by atomic mass is 10.2. The molecule has 0 unspecified atom stereocenters. The summed E-state index contributed by atoms with van der Waals surface area (Å²) in [6.07, 6.45) is 7.28. The molecule has 6 rings (SSSR count). The van der Waals surface area contributed by atoms with Crippen LogP contribution in [0.3, 0.4) is 0 Å². The minimum atomic E-state index is 0.756. The Hall–Kier alpha value is -4.33. The third-order valence-electron chi connectivity index (χ3n) is 5.07. The summed E-state index contributed by atoms with van der Waals surface area (Å²) in [6, 6.07) is 13.7. The van der Waals surface area contributed by atoms with Gasteiger partial charge in [-0.2, -0.15) is 5.10 Å². The molecule has 144 valence electrons. The zero-order valence-corrected chi connectivity index (χ0v) is 16.0. The molecule has 0 saturated carbocycles. The summed E-state index contributed by atoms with van der Waals surface area (Å²) in [5.74, 6) is 0.817. The maximum absolute atomic E-state index is 4.83. The van der Waals surface area contributed by atoms with Crippen molar-refractivity contribution in [3.63, 3.8) is 0 Å². The highest BCUT2D eigenvalue weighted by atomic mass is 15.1. The number of H-pyrrole nitrogens is 2. The molecule has 0 aliphatic heterocycles. The largest absolute Gasteiger partial charge is 0.353 e. The van der Waals surface area contributed by atoms with E-state index in [1.807, 2.05) is 54.1 Å². The number of pyridine rings is 3. The smallest absolute Gasteiger partial charge is 0.147 e. The molecule has 8 nitrogen and oxygen atoms in total. The second-order valence-electron chi connectivity index (χ2n) is 7.08. The summed E-state index contributed by atoms with van der Waals surface area (Å²) >= 11 is 0. The predicted octanol–water partition coefficient (Wildman–Crippen LogP) is 4.06. The van der Waals surface area contributed by atoms with E-state index in [1.165, 1.54) is 0 Å². The van der Waals surface area contributed by atoms with Gasteiger partial charge in [0.05, 0.1) is 33.8 Å². The average molecular weight is 392 g/mol. The molecular weight excluding hydrogens is 376 g/mol. The molecule has 0 saturated heterocycles. The second kappa shape index (κ2) is 6.35. The average Bonchev–Trinajstić information content (AvgIpc) is 3.51. The summed E-state index contributed by atoms with van der Waals surface area (Å²) < 4.78 is 1.93. The van der Waals surface area contributed by atoms with Crippen molar-refractivity contribution in [3.8, 4) is 28.6 Å². The summed E-state index contributed by atoms with van der Waals surface area (Å²) in [7, 11) is 0. The van der Waals surface area contributed by atoms with Crippen LogP contribution in [0.15, 0.2) is 67.4 Å². The molecule has 0 amide bonds. The molecule has 8 heteroatoms. The Morgan fingerprint density at radius 2 is 1.87 bits per heavy atom. The molecular formula is C22H16N8. The van der Waals surface area contributed by atoms with Crippen molar-refractivity contribution >= 4 is 21.9 Å². The number of nitrogens with zero attached hydrogens (tertiary/aromatic N) is 6. The molecule has 0 aromatic carbocycles. The van der Waals surface area contributed by atoms with E-state index in [9.17, 15) is 0 Å². The molecule has 0 aliphatic rings. The van der Waals surface area contributed by atoms with Crippen LogP contribution in [0.5, 0.6) is 0 Å². The van der Waals surface area contributed by atoms with Gasteiger partial charge < -0.3 is 4.98 Å². The van der Waals surface area contributed by atoms with Gasteiger partial charge in [0.2, 0.25) is 0 Å².